The molecule has 1 saturated heterocycles. The highest BCUT2D eigenvalue weighted by Gasteiger charge is 2.25. The summed E-state index contributed by atoms with van der Waals surface area (Å²) in [4.78, 5) is 17.1. The van der Waals surface area contributed by atoms with Gasteiger partial charge in [0.15, 0.2) is 11.5 Å². The number of ether oxygens (including phenoxy) is 2. The first kappa shape index (κ1) is 18.1. The number of methoxy groups -OCH3 is 2. The highest BCUT2D eigenvalue weighted by atomic mass is 16.5. The molecule has 2 N–H and O–H groups in total. The van der Waals surface area contributed by atoms with E-state index in [1.165, 1.54) is 5.56 Å². The zero-order valence-corrected chi connectivity index (χ0v) is 15.3. The molecule has 1 aliphatic heterocycles. The van der Waals surface area contributed by atoms with Crippen LogP contribution in [0.4, 0.5) is 5.69 Å². The van der Waals surface area contributed by atoms with Crippen LogP contribution in [0.1, 0.15) is 15.9 Å². The molecule has 0 unspecified atom stereocenters. The Morgan fingerprint density at radius 2 is 1.77 bits per heavy atom. The van der Waals surface area contributed by atoms with Crippen molar-refractivity contribution >= 4 is 11.6 Å². The number of anilines is 1. The summed E-state index contributed by atoms with van der Waals surface area (Å²) in [7, 11) is 3.12. The summed E-state index contributed by atoms with van der Waals surface area (Å²) in [5.74, 6) is 1.03. The van der Waals surface area contributed by atoms with E-state index >= 15 is 0 Å². The molecule has 1 fully saturated rings. The van der Waals surface area contributed by atoms with Crippen LogP contribution in [0, 0.1) is 0 Å². The van der Waals surface area contributed by atoms with Gasteiger partial charge in [-0.15, -0.1) is 0 Å². The molecule has 1 aliphatic rings. The third-order valence-corrected chi connectivity index (χ3v) is 4.65. The predicted octanol–water partition coefficient (Wildman–Crippen LogP) is 2.24. The lowest BCUT2D eigenvalue weighted by Crippen LogP contribution is -2.48. The lowest BCUT2D eigenvalue weighted by Gasteiger charge is -2.35. The van der Waals surface area contributed by atoms with Gasteiger partial charge in [0, 0.05) is 38.4 Å². The zero-order valence-electron chi connectivity index (χ0n) is 15.3. The van der Waals surface area contributed by atoms with E-state index in [4.69, 9.17) is 15.2 Å². The van der Waals surface area contributed by atoms with Crippen LogP contribution < -0.4 is 15.2 Å². The molecule has 1 heterocycles. The fourth-order valence-corrected chi connectivity index (χ4v) is 3.28. The molecule has 2 aromatic carbocycles. The number of nitrogen functional groups attached to an aromatic ring is 1. The largest absolute Gasteiger partial charge is 0.493 e. The van der Waals surface area contributed by atoms with Gasteiger partial charge in [0.25, 0.3) is 5.91 Å². The van der Waals surface area contributed by atoms with Crippen molar-refractivity contribution in [2.24, 2.45) is 0 Å². The number of para-hydroxylation sites is 1. The Labute approximate surface area is 154 Å². The second-order valence-corrected chi connectivity index (χ2v) is 6.35. The van der Waals surface area contributed by atoms with Crippen molar-refractivity contribution in [2.75, 3.05) is 46.1 Å². The highest BCUT2D eigenvalue weighted by molar-refractivity contribution is 5.97. The van der Waals surface area contributed by atoms with Gasteiger partial charge in [-0.25, -0.2) is 0 Å². The van der Waals surface area contributed by atoms with Gasteiger partial charge in [-0.1, -0.05) is 18.2 Å². The summed E-state index contributed by atoms with van der Waals surface area (Å²) in [6.45, 7) is 3.86. The van der Waals surface area contributed by atoms with Crippen molar-refractivity contribution in [1.82, 2.24) is 9.80 Å². The second kappa shape index (κ2) is 8.10. The quantitative estimate of drug-likeness (QED) is 0.833. The van der Waals surface area contributed by atoms with Crippen molar-refractivity contribution in [3.05, 3.63) is 53.6 Å². The molecule has 0 aromatic heterocycles. The van der Waals surface area contributed by atoms with Crippen LogP contribution >= 0.6 is 0 Å². The maximum absolute atomic E-state index is 12.9. The molecule has 6 nitrogen and oxygen atoms in total. The van der Waals surface area contributed by atoms with E-state index in [0.29, 0.717) is 30.2 Å². The minimum Gasteiger partial charge on any atom is -0.493 e. The Hall–Kier alpha value is -2.73. The van der Waals surface area contributed by atoms with Gasteiger partial charge in [0.1, 0.15) is 0 Å². The van der Waals surface area contributed by atoms with Crippen LogP contribution in [0.15, 0.2) is 42.5 Å². The van der Waals surface area contributed by atoms with E-state index in [-0.39, 0.29) is 5.91 Å². The molecule has 0 bridgehead atoms. The summed E-state index contributed by atoms with van der Waals surface area (Å²) in [6, 6.07) is 13.3. The van der Waals surface area contributed by atoms with Crippen molar-refractivity contribution in [3.63, 3.8) is 0 Å². The maximum Gasteiger partial charge on any atom is 0.257 e. The van der Waals surface area contributed by atoms with Gasteiger partial charge in [-0.05, 0) is 29.8 Å². The lowest BCUT2D eigenvalue weighted by molar-refractivity contribution is 0.0624. The van der Waals surface area contributed by atoms with Crippen molar-refractivity contribution in [3.8, 4) is 11.5 Å². The number of nitrogens with two attached hydrogens (primary N) is 1. The molecule has 0 radical (unpaired) electrons. The van der Waals surface area contributed by atoms with Crippen LogP contribution in [-0.4, -0.2) is 56.1 Å². The third-order valence-electron chi connectivity index (χ3n) is 4.65. The summed E-state index contributed by atoms with van der Waals surface area (Å²) in [5, 5.41) is 0. The number of rotatable bonds is 5. The molecule has 2 aromatic rings. The molecule has 0 atom stereocenters. The molecular weight excluding hydrogens is 330 g/mol. The number of amides is 1. The number of hydrogen-bond acceptors (Lipinski definition) is 5. The summed E-state index contributed by atoms with van der Waals surface area (Å²) < 4.78 is 10.7. The summed E-state index contributed by atoms with van der Waals surface area (Å²) in [6.07, 6.45) is 0. The highest BCUT2D eigenvalue weighted by Crippen LogP contribution is 2.31. The van der Waals surface area contributed by atoms with Crippen LogP contribution in [0.2, 0.25) is 0 Å². The van der Waals surface area contributed by atoms with Gasteiger partial charge in [0.05, 0.1) is 19.8 Å². The van der Waals surface area contributed by atoms with Gasteiger partial charge < -0.3 is 20.1 Å². The molecule has 26 heavy (non-hydrogen) atoms. The number of carbonyl (C=O) groups is 1. The molecule has 6 heteroatoms. The Balaban J connectivity index is 1.64. The van der Waals surface area contributed by atoms with E-state index < -0.39 is 0 Å². The predicted molar refractivity (Wildman–Crippen MR) is 102 cm³/mol. The van der Waals surface area contributed by atoms with Crippen LogP contribution in [0.25, 0.3) is 0 Å². The molecule has 138 valence electrons. The van der Waals surface area contributed by atoms with Crippen molar-refractivity contribution in [2.45, 2.75) is 6.54 Å². The summed E-state index contributed by atoms with van der Waals surface area (Å²) in [5.41, 5.74) is 8.36. The Morgan fingerprint density at radius 1 is 1.04 bits per heavy atom. The number of hydrogen-bond donors (Lipinski definition) is 1. The monoisotopic (exact) mass is 355 g/mol. The first-order valence-electron chi connectivity index (χ1n) is 8.69. The molecule has 3 rings (SSSR count). The standard InChI is InChI=1S/C20H25N3O3/c1-25-18-8-4-7-17(19(18)26-2)20(24)23-11-9-22(10-12-23)14-15-5-3-6-16(21)13-15/h3-8,13H,9-12,14,21H2,1-2H3. The van der Waals surface area contributed by atoms with E-state index in [1.807, 2.05) is 29.2 Å². The number of nitrogens with zero attached hydrogens (tertiary/aromatic N) is 2. The molecule has 0 aliphatic carbocycles. The van der Waals surface area contributed by atoms with Gasteiger partial charge >= 0.3 is 0 Å². The third kappa shape index (κ3) is 3.91. The second-order valence-electron chi connectivity index (χ2n) is 6.35. The SMILES string of the molecule is COc1cccc(C(=O)N2CCN(Cc3cccc(N)c3)CC2)c1OC. The topological polar surface area (TPSA) is 68.0 Å². The average molecular weight is 355 g/mol. The first-order valence-corrected chi connectivity index (χ1v) is 8.69. The van der Waals surface area contributed by atoms with Crippen molar-refractivity contribution < 1.29 is 14.3 Å². The van der Waals surface area contributed by atoms with E-state index in [2.05, 4.69) is 11.0 Å². The Bertz CT molecular complexity index is 771. The molecular formula is C20H25N3O3. The van der Waals surface area contributed by atoms with Crippen LogP contribution in [0.3, 0.4) is 0 Å². The normalized spacial score (nSPS) is 14.9. The van der Waals surface area contributed by atoms with Gasteiger partial charge in [-0.2, -0.15) is 0 Å². The minimum atomic E-state index is -0.0237. The summed E-state index contributed by atoms with van der Waals surface area (Å²) >= 11 is 0. The lowest BCUT2D eigenvalue weighted by atomic mass is 10.1. The molecule has 0 saturated carbocycles. The zero-order chi connectivity index (χ0) is 18.5. The van der Waals surface area contributed by atoms with E-state index in [9.17, 15) is 4.79 Å². The van der Waals surface area contributed by atoms with E-state index in [1.54, 1.807) is 26.4 Å². The molecule has 1 amide bonds. The van der Waals surface area contributed by atoms with Gasteiger partial charge in [-0.3, -0.25) is 9.69 Å². The van der Waals surface area contributed by atoms with E-state index in [0.717, 1.165) is 25.3 Å². The Morgan fingerprint density at radius 3 is 2.42 bits per heavy atom. The maximum atomic E-state index is 12.9. The molecule has 0 spiro atoms. The fourth-order valence-electron chi connectivity index (χ4n) is 3.28. The fraction of sp³-hybridized carbons (Fsp3) is 0.350. The van der Waals surface area contributed by atoms with Crippen molar-refractivity contribution in [1.29, 1.82) is 0 Å². The first-order chi connectivity index (χ1) is 12.6. The Kier molecular flexibility index (Phi) is 5.63. The van der Waals surface area contributed by atoms with Crippen LogP contribution in [0.5, 0.6) is 11.5 Å². The number of benzene rings is 2. The van der Waals surface area contributed by atoms with Gasteiger partial charge in [0.2, 0.25) is 0 Å². The van der Waals surface area contributed by atoms with Crippen LogP contribution in [-0.2, 0) is 6.54 Å². The number of piperazine rings is 1. The smallest absolute Gasteiger partial charge is 0.257 e. The minimum absolute atomic E-state index is 0.0237. The number of carbonyl (C=O) groups excluding carboxylic acids is 1. The average Bonchev–Trinajstić information content (AvgIpc) is 2.67.